The summed E-state index contributed by atoms with van der Waals surface area (Å²) in [5, 5.41) is 0. The van der Waals surface area contributed by atoms with Gasteiger partial charge in [-0.25, -0.2) is 4.39 Å². The lowest BCUT2D eigenvalue weighted by Crippen LogP contribution is -2.35. The van der Waals surface area contributed by atoms with Crippen molar-refractivity contribution in [2.45, 2.75) is 25.4 Å². The molecule has 1 saturated heterocycles. The van der Waals surface area contributed by atoms with Crippen molar-refractivity contribution >= 4 is 12.6 Å². The lowest BCUT2D eigenvalue weighted by Gasteiger charge is -2.28. The number of rotatable bonds is 3. The molecule has 0 aliphatic carbocycles. The van der Waals surface area contributed by atoms with Crippen LogP contribution in [0.2, 0.25) is 0 Å². The molecule has 1 aliphatic heterocycles. The fraction of sp³-hybridized carbons (Fsp3) is 1.00. The summed E-state index contributed by atoms with van der Waals surface area (Å²) in [4.78, 5) is 2.33. The second-order valence-corrected chi connectivity index (χ2v) is 3.54. The Bertz CT molecular complexity index is 99.5. The van der Waals surface area contributed by atoms with Crippen molar-refractivity contribution in [2.75, 3.05) is 25.4 Å². The summed E-state index contributed by atoms with van der Waals surface area (Å²) in [6.07, 6.45) is 2.04. The van der Waals surface area contributed by atoms with Crippen LogP contribution in [-0.4, -0.2) is 36.5 Å². The molecular formula is C8H16FNS. The molecule has 0 N–H and O–H groups in total. The predicted molar refractivity (Wildman–Crippen MR) is 49.0 cm³/mol. The lowest BCUT2D eigenvalue weighted by molar-refractivity contribution is 0.151. The molecule has 1 aliphatic rings. The van der Waals surface area contributed by atoms with Gasteiger partial charge in [-0.3, -0.25) is 0 Å². The van der Waals surface area contributed by atoms with Gasteiger partial charge in [0.05, 0.1) is 0 Å². The van der Waals surface area contributed by atoms with Gasteiger partial charge < -0.3 is 4.90 Å². The SMILES string of the molecule is FC1CCN(CCCS)CC1. The van der Waals surface area contributed by atoms with Crippen LogP contribution in [-0.2, 0) is 0 Å². The third-order valence-electron chi connectivity index (χ3n) is 2.15. The van der Waals surface area contributed by atoms with E-state index in [1.165, 1.54) is 0 Å². The molecule has 0 amide bonds. The molecule has 0 atom stereocenters. The van der Waals surface area contributed by atoms with E-state index in [1.54, 1.807) is 0 Å². The van der Waals surface area contributed by atoms with E-state index in [1.807, 2.05) is 0 Å². The molecule has 0 aromatic heterocycles. The number of alkyl halides is 1. The third kappa shape index (κ3) is 3.43. The second kappa shape index (κ2) is 4.99. The van der Waals surface area contributed by atoms with E-state index in [-0.39, 0.29) is 0 Å². The summed E-state index contributed by atoms with van der Waals surface area (Å²) in [7, 11) is 0. The Kier molecular flexibility index (Phi) is 4.23. The first-order valence-electron chi connectivity index (χ1n) is 4.30. The minimum Gasteiger partial charge on any atom is -0.303 e. The summed E-state index contributed by atoms with van der Waals surface area (Å²) in [6, 6.07) is 0. The molecule has 0 bridgehead atoms. The molecule has 1 nitrogen and oxygen atoms in total. The standard InChI is InChI=1S/C8H16FNS/c9-8-2-5-10(6-3-8)4-1-7-11/h8,11H,1-7H2. The van der Waals surface area contributed by atoms with Gasteiger partial charge in [-0.1, -0.05) is 0 Å². The van der Waals surface area contributed by atoms with Gasteiger partial charge in [-0.15, -0.1) is 0 Å². The molecule has 0 saturated carbocycles. The van der Waals surface area contributed by atoms with E-state index in [2.05, 4.69) is 17.5 Å². The van der Waals surface area contributed by atoms with Crippen LogP contribution in [0.3, 0.4) is 0 Å². The van der Waals surface area contributed by atoms with Gasteiger partial charge in [0.15, 0.2) is 0 Å². The molecule has 3 heteroatoms. The highest BCUT2D eigenvalue weighted by Gasteiger charge is 2.16. The Balaban J connectivity index is 2.07. The molecular weight excluding hydrogens is 161 g/mol. The Hall–Kier alpha value is 0.240. The molecule has 1 heterocycles. The Morgan fingerprint density at radius 1 is 1.36 bits per heavy atom. The Labute approximate surface area is 73.4 Å². The normalized spacial score (nSPS) is 22.4. The van der Waals surface area contributed by atoms with E-state index in [4.69, 9.17) is 0 Å². The van der Waals surface area contributed by atoms with Crippen LogP contribution in [0, 0.1) is 0 Å². The molecule has 0 spiro atoms. The zero-order valence-corrected chi connectivity index (χ0v) is 7.69. The Morgan fingerprint density at radius 2 is 2.00 bits per heavy atom. The van der Waals surface area contributed by atoms with Crippen LogP contribution in [0.4, 0.5) is 4.39 Å². The maximum absolute atomic E-state index is 12.6. The number of nitrogens with zero attached hydrogens (tertiary/aromatic N) is 1. The van der Waals surface area contributed by atoms with Crippen molar-refractivity contribution in [1.82, 2.24) is 4.90 Å². The number of hydrogen-bond acceptors (Lipinski definition) is 2. The fourth-order valence-electron chi connectivity index (χ4n) is 1.42. The molecule has 0 radical (unpaired) electrons. The molecule has 0 aromatic carbocycles. The highest BCUT2D eigenvalue weighted by molar-refractivity contribution is 7.80. The van der Waals surface area contributed by atoms with Crippen LogP contribution >= 0.6 is 12.6 Å². The monoisotopic (exact) mass is 177 g/mol. The van der Waals surface area contributed by atoms with Gasteiger partial charge in [-0.2, -0.15) is 12.6 Å². The smallest absolute Gasteiger partial charge is 0.103 e. The van der Waals surface area contributed by atoms with Crippen molar-refractivity contribution in [3.63, 3.8) is 0 Å². The average Bonchev–Trinajstić information content (AvgIpc) is 2.04. The van der Waals surface area contributed by atoms with Crippen molar-refractivity contribution in [1.29, 1.82) is 0 Å². The van der Waals surface area contributed by atoms with Crippen LogP contribution in [0.15, 0.2) is 0 Å². The highest BCUT2D eigenvalue weighted by atomic mass is 32.1. The zero-order valence-electron chi connectivity index (χ0n) is 6.80. The summed E-state index contributed by atoms with van der Waals surface area (Å²) >= 11 is 4.14. The van der Waals surface area contributed by atoms with E-state index < -0.39 is 6.17 Å². The third-order valence-corrected chi connectivity index (χ3v) is 2.47. The number of piperidine rings is 1. The van der Waals surface area contributed by atoms with Gasteiger partial charge in [-0.05, 0) is 31.6 Å². The summed E-state index contributed by atoms with van der Waals surface area (Å²) in [5.41, 5.74) is 0. The second-order valence-electron chi connectivity index (χ2n) is 3.09. The van der Waals surface area contributed by atoms with Crippen LogP contribution in [0.25, 0.3) is 0 Å². The van der Waals surface area contributed by atoms with Crippen molar-refractivity contribution in [3.8, 4) is 0 Å². The zero-order chi connectivity index (χ0) is 8.10. The first-order valence-corrected chi connectivity index (χ1v) is 4.93. The van der Waals surface area contributed by atoms with Gasteiger partial charge >= 0.3 is 0 Å². The van der Waals surface area contributed by atoms with Crippen LogP contribution in [0.5, 0.6) is 0 Å². The highest BCUT2D eigenvalue weighted by Crippen LogP contribution is 2.12. The maximum atomic E-state index is 12.6. The van der Waals surface area contributed by atoms with E-state index in [0.29, 0.717) is 0 Å². The topological polar surface area (TPSA) is 3.24 Å². The molecule has 0 aromatic rings. The number of thiol groups is 1. The van der Waals surface area contributed by atoms with Crippen molar-refractivity contribution in [2.24, 2.45) is 0 Å². The van der Waals surface area contributed by atoms with E-state index >= 15 is 0 Å². The lowest BCUT2D eigenvalue weighted by atomic mass is 10.1. The van der Waals surface area contributed by atoms with Crippen molar-refractivity contribution in [3.05, 3.63) is 0 Å². The molecule has 1 rings (SSSR count). The summed E-state index contributed by atoms with van der Waals surface area (Å²) < 4.78 is 12.6. The number of hydrogen-bond donors (Lipinski definition) is 1. The van der Waals surface area contributed by atoms with Gasteiger partial charge in [0.25, 0.3) is 0 Å². The largest absolute Gasteiger partial charge is 0.303 e. The van der Waals surface area contributed by atoms with Gasteiger partial charge in [0.1, 0.15) is 6.17 Å². The number of likely N-dealkylation sites (tertiary alicyclic amines) is 1. The first-order chi connectivity index (χ1) is 5.33. The molecule has 66 valence electrons. The first kappa shape index (κ1) is 9.33. The van der Waals surface area contributed by atoms with Crippen LogP contribution in [0.1, 0.15) is 19.3 Å². The minimum absolute atomic E-state index is 0.540. The predicted octanol–water partition coefficient (Wildman–Crippen LogP) is 1.74. The molecule has 1 fully saturated rings. The van der Waals surface area contributed by atoms with Crippen LogP contribution < -0.4 is 0 Å². The van der Waals surface area contributed by atoms with Crippen molar-refractivity contribution < 1.29 is 4.39 Å². The Morgan fingerprint density at radius 3 is 2.55 bits per heavy atom. The quantitative estimate of drug-likeness (QED) is 0.643. The average molecular weight is 177 g/mol. The summed E-state index contributed by atoms with van der Waals surface area (Å²) in [6.45, 7) is 2.97. The fourth-order valence-corrected chi connectivity index (χ4v) is 1.56. The minimum atomic E-state index is -0.540. The van der Waals surface area contributed by atoms with Gasteiger partial charge in [0, 0.05) is 13.1 Å². The molecule has 11 heavy (non-hydrogen) atoms. The van der Waals surface area contributed by atoms with E-state index in [9.17, 15) is 4.39 Å². The maximum Gasteiger partial charge on any atom is 0.103 e. The van der Waals surface area contributed by atoms with E-state index in [0.717, 1.165) is 44.6 Å². The molecule has 0 unspecified atom stereocenters. The summed E-state index contributed by atoms with van der Waals surface area (Å²) in [5.74, 6) is 0.940. The van der Waals surface area contributed by atoms with Gasteiger partial charge in [0.2, 0.25) is 0 Å². The number of halogens is 1.